The molecule has 1 amide bonds. The fraction of sp³-hybridized carbons (Fsp3) is 0.419. The maximum atomic E-state index is 15.3. The number of likely N-dealkylation sites (N-methyl/N-ethyl adjacent to an activating group) is 2. The number of anilines is 1. The first-order valence-corrected chi connectivity index (χ1v) is 14.2. The largest absolute Gasteiger partial charge is 0.417 e. The van der Waals surface area contributed by atoms with Crippen LogP contribution in [0.3, 0.4) is 0 Å². The lowest BCUT2D eigenvalue weighted by molar-refractivity contribution is -0.138. The van der Waals surface area contributed by atoms with Gasteiger partial charge in [-0.3, -0.25) is 19.1 Å². The fourth-order valence-corrected chi connectivity index (χ4v) is 5.88. The Balaban J connectivity index is 1.60. The Morgan fingerprint density at radius 3 is 2.35 bits per heavy atom. The van der Waals surface area contributed by atoms with Gasteiger partial charge < -0.3 is 20.4 Å². The molecule has 2 fully saturated rings. The number of rotatable bonds is 7. The molecule has 2 saturated heterocycles. The number of carbonyl (C=O) groups excluding carboxylic acids is 1. The van der Waals surface area contributed by atoms with E-state index in [1.165, 1.54) is 6.07 Å². The maximum Gasteiger partial charge on any atom is 0.417 e. The average Bonchev–Trinajstić information content (AvgIpc) is 3.42. The van der Waals surface area contributed by atoms with Crippen molar-refractivity contribution in [2.24, 2.45) is 5.73 Å². The highest BCUT2D eigenvalue weighted by molar-refractivity contribution is 5.94. The van der Waals surface area contributed by atoms with Crippen LogP contribution in [0.4, 0.5) is 23.2 Å². The lowest BCUT2D eigenvalue weighted by atomic mass is 10.00. The van der Waals surface area contributed by atoms with Crippen molar-refractivity contribution < 1.29 is 22.4 Å². The number of carbonyl (C=O) groups is 1. The summed E-state index contributed by atoms with van der Waals surface area (Å²) in [6, 6.07) is 10.9. The monoisotopic (exact) mass is 600 g/mol. The Morgan fingerprint density at radius 2 is 1.72 bits per heavy atom. The molecule has 0 bridgehead atoms. The van der Waals surface area contributed by atoms with E-state index in [1.54, 1.807) is 30.3 Å². The number of alkyl halides is 3. The highest BCUT2D eigenvalue weighted by atomic mass is 19.4. The summed E-state index contributed by atoms with van der Waals surface area (Å²) in [6.45, 7) is 5.16. The van der Waals surface area contributed by atoms with Crippen LogP contribution in [0.25, 0.3) is 16.8 Å². The van der Waals surface area contributed by atoms with Crippen molar-refractivity contribution in [1.29, 1.82) is 0 Å². The summed E-state index contributed by atoms with van der Waals surface area (Å²) in [5.41, 5.74) is 4.63. The molecule has 12 heteroatoms. The molecule has 5 rings (SSSR count). The number of amides is 1. The maximum absolute atomic E-state index is 15.3. The molecule has 0 radical (unpaired) electrons. The summed E-state index contributed by atoms with van der Waals surface area (Å²) < 4.78 is 57.4. The van der Waals surface area contributed by atoms with E-state index < -0.39 is 34.6 Å². The lowest BCUT2D eigenvalue weighted by Gasteiger charge is -2.35. The number of benzene rings is 2. The van der Waals surface area contributed by atoms with Gasteiger partial charge >= 0.3 is 6.18 Å². The Labute approximate surface area is 247 Å². The van der Waals surface area contributed by atoms with Crippen LogP contribution in [0, 0.1) is 5.82 Å². The van der Waals surface area contributed by atoms with Gasteiger partial charge in [-0.05, 0) is 63.0 Å². The van der Waals surface area contributed by atoms with Crippen LogP contribution < -0.4 is 16.2 Å². The molecule has 0 spiro atoms. The minimum absolute atomic E-state index is 0.237. The van der Waals surface area contributed by atoms with Crippen molar-refractivity contribution in [3.8, 4) is 16.8 Å². The van der Waals surface area contributed by atoms with Gasteiger partial charge in [0.05, 0.1) is 22.5 Å². The number of hydrogen-bond acceptors (Lipinski definition) is 6. The number of nitrogens with zero attached hydrogens (tertiary/aromatic N) is 5. The number of pyridine rings is 1. The topological polar surface area (TPSA) is 78.0 Å². The van der Waals surface area contributed by atoms with Crippen molar-refractivity contribution in [2.45, 2.75) is 25.2 Å². The predicted octanol–water partition coefficient (Wildman–Crippen LogP) is 3.65. The Hall–Kier alpha value is -3.74. The molecular weight excluding hydrogens is 564 g/mol. The molecule has 43 heavy (non-hydrogen) atoms. The quantitative estimate of drug-likeness (QED) is 0.418. The standard InChI is InChI=1S/C31H36F4N6O2/c1-37(2)22-8-9-39(18-22)17-20-4-6-26(32)23(14-20)21-5-7-27(40-12-10-38(3)11-13-40)28(15-21)41-19-24(30(36)43)25(16-29(41)42)31(33,34)35/h4-7,14-16,19,22H,8-13,17-18H2,1-3H3,(H2,36,43). The molecule has 2 N–H and O–H groups in total. The van der Waals surface area contributed by atoms with Crippen molar-refractivity contribution in [3.63, 3.8) is 0 Å². The van der Waals surface area contributed by atoms with E-state index in [1.807, 2.05) is 11.9 Å². The minimum atomic E-state index is -4.95. The minimum Gasteiger partial charge on any atom is -0.367 e. The zero-order valence-corrected chi connectivity index (χ0v) is 24.5. The van der Waals surface area contributed by atoms with Crippen LogP contribution >= 0.6 is 0 Å². The van der Waals surface area contributed by atoms with E-state index in [0.717, 1.165) is 48.9 Å². The van der Waals surface area contributed by atoms with Gasteiger partial charge in [0.25, 0.3) is 11.5 Å². The Morgan fingerprint density at radius 1 is 1.00 bits per heavy atom. The molecule has 3 aromatic rings. The molecule has 1 atom stereocenters. The zero-order chi connectivity index (χ0) is 31.1. The SMILES string of the molecule is CN1CCN(c2ccc(-c3cc(CN4CCC(N(C)C)C4)ccc3F)cc2-n2cc(C(N)=O)c(C(F)(F)F)cc2=O)CC1. The number of primary amides is 1. The van der Waals surface area contributed by atoms with E-state index in [2.05, 4.69) is 28.8 Å². The third-order valence-corrected chi connectivity index (χ3v) is 8.43. The van der Waals surface area contributed by atoms with Gasteiger partial charge in [-0.15, -0.1) is 0 Å². The summed E-state index contributed by atoms with van der Waals surface area (Å²) in [5.74, 6) is -1.78. The molecule has 0 saturated carbocycles. The molecule has 3 heterocycles. The van der Waals surface area contributed by atoms with Crippen molar-refractivity contribution in [3.05, 3.63) is 81.5 Å². The van der Waals surface area contributed by atoms with Crippen LogP contribution in [-0.4, -0.2) is 91.6 Å². The first-order chi connectivity index (χ1) is 20.3. The van der Waals surface area contributed by atoms with Crippen molar-refractivity contribution in [1.82, 2.24) is 19.3 Å². The van der Waals surface area contributed by atoms with Crippen LogP contribution in [0.15, 0.2) is 53.5 Å². The number of piperazine rings is 1. The molecule has 2 aliphatic rings. The van der Waals surface area contributed by atoms with Gasteiger partial charge in [-0.2, -0.15) is 13.2 Å². The predicted molar refractivity (Wildman–Crippen MR) is 158 cm³/mol. The summed E-state index contributed by atoms with van der Waals surface area (Å²) in [5, 5.41) is 0. The summed E-state index contributed by atoms with van der Waals surface area (Å²) in [6.07, 6.45) is -3.06. The van der Waals surface area contributed by atoms with Crippen LogP contribution in [0.5, 0.6) is 0 Å². The van der Waals surface area contributed by atoms with Crippen molar-refractivity contribution >= 4 is 11.6 Å². The molecule has 2 aliphatic heterocycles. The first-order valence-electron chi connectivity index (χ1n) is 14.2. The van der Waals surface area contributed by atoms with Gasteiger partial charge in [0, 0.05) is 69.7 Å². The lowest BCUT2D eigenvalue weighted by Crippen LogP contribution is -2.45. The smallest absolute Gasteiger partial charge is 0.367 e. The fourth-order valence-electron chi connectivity index (χ4n) is 5.88. The number of halogens is 4. The zero-order valence-electron chi connectivity index (χ0n) is 24.5. The second kappa shape index (κ2) is 12.1. The van der Waals surface area contributed by atoms with Gasteiger partial charge in [0.2, 0.25) is 0 Å². The average molecular weight is 601 g/mol. The second-order valence-corrected chi connectivity index (χ2v) is 11.6. The second-order valence-electron chi connectivity index (χ2n) is 11.6. The first kappa shape index (κ1) is 30.7. The van der Waals surface area contributed by atoms with Gasteiger partial charge in [-0.1, -0.05) is 12.1 Å². The Bertz CT molecular complexity index is 1560. The number of hydrogen-bond donors (Lipinski definition) is 1. The van der Waals surface area contributed by atoms with E-state index in [4.69, 9.17) is 5.73 Å². The summed E-state index contributed by atoms with van der Waals surface area (Å²) in [7, 11) is 6.10. The summed E-state index contributed by atoms with van der Waals surface area (Å²) in [4.78, 5) is 34.0. The highest BCUT2D eigenvalue weighted by Crippen LogP contribution is 2.35. The highest BCUT2D eigenvalue weighted by Gasteiger charge is 2.36. The molecule has 2 aromatic carbocycles. The van der Waals surface area contributed by atoms with Gasteiger partial charge in [0.15, 0.2) is 0 Å². The van der Waals surface area contributed by atoms with E-state index >= 15 is 4.39 Å². The number of aromatic nitrogens is 1. The van der Waals surface area contributed by atoms with Crippen LogP contribution in [0.1, 0.15) is 27.9 Å². The normalized spacial score (nSPS) is 18.5. The molecular formula is C31H36F4N6O2. The van der Waals surface area contributed by atoms with Gasteiger partial charge in [0.1, 0.15) is 5.82 Å². The van der Waals surface area contributed by atoms with Crippen LogP contribution in [-0.2, 0) is 12.7 Å². The van der Waals surface area contributed by atoms with E-state index in [9.17, 15) is 22.8 Å². The molecule has 0 aliphatic carbocycles. The molecule has 1 unspecified atom stereocenters. The molecule has 1 aromatic heterocycles. The summed E-state index contributed by atoms with van der Waals surface area (Å²) >= 11 is 0. The molecule has 8 nitrogen and oxygen atoms in total. The number of nitrogens with two attached hydrogens (primary N) is 1. The van der Waals surface area contributed by atoms with Crippen LogP contribution in [0.2, 0.25) is 0 Å². The van der Waals surface area contributed by atoms with E-state index in [-0.39, 0.29) is 5.69 Å². The number of likely N-dealkylation sites (tertiary alicyclic amines) is 1. The Kier molecular flexibility index (Phi) is 8.64. The van der Waals surface area contributed by atoms with Crippen molar-refractivity contribution in [2.75, 3.05) is 65.3 Å². The third kappa shape index (κ3) is 6.61. The molecule has 230 valence electrons. The van der Waals surface area contributed by atoms with Gasteiger partial charge in [-0.25, -0.2) is 4.39 Å². The van der Waals surface area contributed by atoms with E-state index in [0.29, 0.717) is 48.6 Å². The third-order valence-electron chi connectivity index (χ3n) is 8.43.